The van der Waals surface area contributed by atoms with Crippen molar-refractivity contribution in [2.75, 3.05) is 0 Å². The molecule has 0 saturated carbocycles. The third-order valence-electron chi connectivity index (χ3n) is 5.91. The standard InChI is InChI=1S/C28H25ClF2/c1-2-3-8-25(28(31)24-14-11-19-6-4-5-7-22(19)17-24)21-12-9-20(10-13-21)23-15-16-26(29)27(30)18-23/h4-7,9-18,25,28H,2-3,8H2,1H3. The van der Waals surface area contributed by atoms with Gasteiger partial charge in [0.05, 0.1) is 5.02 Å². The molecule has 0 spiro atoms. The van der Waals surface area contributed by atoms with E-state index < -0.39 is 12.0 Å². The molecule has 0 aromatic heterocycles. The molecule has 0 N–H and O–H groups in total. The summed E-state index contributed by atoms with van der Waals surface area (Å²) in [7, 11) is 0. The third-order valence-corrected chi connectivity index (χ3v) is 6.21. The summed E-state index contributed by atoms with van der Waals surface area (Å²) in [6.07, 6.45) is 1.67. The highest BCUT2D eigenvalue weighted by Gasteiger charge is 2.24. The van der Waals surface area contributed by atoms with E-state index >= 15 is 4.39 Å². The summed E-state index contributed by atoms with van der Waals surface area (Å²) in [6, 6.07) is 26.5. The molecular formula is C28H25ClF2. The van der Waals surface area contributed by atoms with Gasteiger partial charge in [-0.05, 0) is 57.6 Å². The molecule has 0 amide bonds. The zero-order valence-corrected chi connectivity index (χ0v) is 18.2. The first-order valence-electron chi connectivity index (χ1n) is 10.7. The maximum Gasteiger partial charge on any atom is 0.142 e. The van der Waals surface area contributed by atoms with E-state index in [2.05, 4.69) is 6.92 Å². The minimum absolute atomic E-state index is 0.107. The Labute approximate surface area is 187 Å². The van der Waals surface area contributed by atoms with Gasteiger partial charge in [-0.25, -0.2) is 8.78 Å². The fourth-order valence-corrected chi connectivity index (χ4v) is 4.23. The van der Waals surface area contributed by atoms with Gasteiger partial charge < -0.3 is 0 Å². The van der Waals surface area contributed by atoms with Crippen LogP contribution >= 0.6 is 11.6 Å². The van der Waals surface area contributed by atoms with Crippen LogP contribution in [0.1, 0.15) is 49.4 Å². The predicted octanol–water partition coefficient (Wildman–Crippen LogP) is 9.28. The van der Waals surface area contributed by atoms with Crippen LogP contribution in [0, 0.1) is 5.82 Å². The molecule has 0 aliphatic rings. The van der Waals surface area contributed by atoms with Crippen molar-refractivity contribution < 1.29 is 8.78 Å². The lowest BCUT2D eigenvalue weighted by molar-refractivity contribution is 0.274. The van der Waals surface area contributed by atoms with E-state index in [4.69, 9.17) is 11.6 Å². The van der Waals surface area contributed by atoms with E-state index in [0.717, 1.165) is 46.7 Å². The van der Waals surface area contributed by atoms with Gasteiger partial charge in [-0.2, -0.15) is 0 Å². The van der Waals surface area contributed by atoms with Gasteiger partial charge in [-0.1, -0.05) is 98.1 Å². The molecular weight excluding hydrogens is 410 g/mol. The van der Waals surface area contributed by atoms with Crippen molar-refractivity contribution in [1.82, 2.24) is 0 Å². The molecule has 0 aliphatic heterocycles. The van der Waals surface area contributed by atoms with E-state index in [1.807, 2.05) is 66.7 Å². The Morgan fingerprint density at radius 2 is 1.45 bits per heavy atom. The molecule has 158 valence electrons. The smallest absolute Gasteiger partial charge is 0.142 e. The van der Waals surface area contributed by atoms with Crippen LogP contribution in [0.25, 0.3) is 21.9 Å². The second-order valence-corrected chi connectivity index (χ2v) is 8.42. The topological polar surface area (TPSA) is 0 Å². The van der Waals surface area contributed by atoms with Gasteiger partial charge in [0.15, 0.2) is 0 Å². The maximum atomic E-state index is 15.8. The van der Waals surface area contributed by atoms with Crippen molar-refractivity contribution in [2.24, 2.45) is 0 Å². The Bertz CT molecular complexity index is 1170. The Hall–Kier alpha value is -2.71. The average Bonchev–Trinajstić information content (AvgIpc) is 2.81. The maximum absolute atomic E-state index is 15.8. The number of unbranched alkanes of at least 4 members (excludes halogenated alkanes) is 1. The predicted molar refractivity (Wildman–Crippen MR) is 127 cm³/mol. The molecule has 0 aliphatic carbocycles. The SMILES string of the molecule is CCCCC(c1ccc(-c2ccc(Cl)c(F)c2)cc1)C(F)c1ccc2ccccc2c1. The molecule has 0 nitrogen and oxygen atoms in total. The van der Waals surface area contributed by atoms with Gasteiger partial charge in [0.1, 0.15) is 12.0 Å². The molecule has 0 saturated heterocycles. The molecule has 0 radical (unpaired) electrons. The fraction of sp³-hybridized carbons (Fsp3) is 0.214. The first-order valence-corrected chi connectivity index (χ1v) is 11.1. The zero-order chi connectivity index (χ0) is 21.8. The summed E-state index contributed by atoms with van der Waals surface area (Å²) in [5, 5.41) is 2.27. The molecule has 0 bridgehead atoms. The van der Waals surface area contributed by atoms with Crippen LogP contribution in [0.4, 0.5) is 8.78 Å². The minimum Gasteiger partial charge on any atom is -0.242 e. The van der Waals surface area contributed by atoms with Gasteiger partial charge in [-0.3, -0.25) is 0 Å². The van der Waals surface area contributed by atoms with E-state index in [1.54, 1.807) is 12.1 Å². The summed E-state index contributed by atoms with van der Waals surface area (Å²) in [6.45, 7) is 2.12. The van der Waals surface area contributed by atoms with Crippen LogP contribution in [0.3, 0.4) is 0 Å². The number of alkyl halides is 1. The lowest BCUT2D eigenvalue weighted by atomic mass is 9.85. The van der Waals surface area contributed by atoms with Crippen LogP contribution in [0.15, 0.2) is 84.9 Å². The summed E-state index contributed by atoms with van der Waals surface area (Å²) >= 11 is 5.80. The highest BCUT2D eigenvalue weighted by atomic mass is 35.5. The minimum atomic E-state index is -1.09. The van der Waals surface area contributed by atoms with Gasteiger partial charge in [0.25, 0.3) is 0 Å². The normalized spacial score (nSPS) is 13.3. The average molecular weight is 435 g/mol. The van der Waals surface area contributed by atoms with E-state index in [-0.39, 0.29) is 10.9 Å². The van der Waals surface area contributed by atoms with Crippen LogP contribution in [-0.4, -0.2) is 0 Å². The van der Waals surface area contributed by atoms with Crippen LogP contribution in [-0.2, 0) is 0 Å². The molecule has 2 unspecified atom stereocenters. The van der Waals surface area contributed by atoms with Gasteiger partial charge in [0, 0.05) is 5.92 Å². The van der Waals surface area contributed by atoms with E-state index in [9.17, 15) is 4.39 Å². The molecule has 4 aromatic carbocycles. The Kier molecular flexibility index (Phi) is 6.67. The molecule has 3 heteroatoms. The Morgan fingerprint density at radius 3 is 2.16 bits per heavy atom. The highest BCUT2D eigenvalue weighted by Crippen LogP contribution is 2.39. The molecule has 0 fully saturated rings. The molecule has 0 heterocycles. The van der Waals surface area contributed by atoms with E-state index in [0.29, 0.717) is 5.56 Å². The van der Waals surface area contributed by atoms with Crippen molar-refractivity contribution in [1.29, 1.82) is 0 Å². The summed E-state index contributed by atoms with van der Waals surface area (Å²) < 4.78 is 29.6. The van der Waals surface area contributed by atoms with Crippen LogP contribution < -0.4 is 0 Å². The van der Waals surface area contributed by atoms with Crippen molar-refractivity contribution in [3.05, 3.63) is 107 Å². The lowest BCUT2D eigenvalue weighted by Gasteiger charge is -2.23. The summed E-state index contributed by atoms with van der Waals surface area (Å²) in [5.74, 6) is -0.665. The van der Waals surface area contributed by atoms with E-state index in [1.165, 1.54) is 6.07 Å². The quantitative estimate of drug-likeness (QED) is 0.272. The monoisotopic (exact) mass is 434 g/mol. The largest absolute Gasteiger partial charge is 0.242 e. The summed E-state index contributed by atoms with van der Waals surface area (Å²) in [4.78, 5) is 0. The van der Waals surface area contributed by atoms with Crippen molar-refractivity contribution in [2.45, 2.75) is 38.3 Å². The fourth-order valence-electron chi connectivity index (χ4n) is 4.12. The number of fused-ring (bicyclic) bond motifs is 1. The number of hydrogen-bond acceptors (Lipinski definition) is 0. The van der Waals surface area contributed by atoms with Crippen molar-refractivity contribution in [3.63, 3.8) is 0 Å². The first kappa shape index (κ1) is 21.5. The van der Waals surface area contributed by atoms with Crippen LogP contribution in [0.2, 0.25) is 5.02 Å². The van der Waals surface area contributed by atoms with Crippen molar-refractivity contribution in [3.8, 4) is 11.1 Å². The molecule has 4 rings (SSSR count). The van der Waals surface area contributed by atoms with Gasteiger partial charge in [-0.15, -0.1) is 0 Å². The lowest BCUT2D eigenvalue weighted by Crippen LogP contribution is -2.08. The van der Waals surface area contributed by atoms with Crippen LogP contribution in [0.5, 0.6) is 0 Å². The number of halogens is 3. The number of hydrogen-bond donors (Lipinski definition) is 0. The second-order valence-electron chi connectivity index (χ2n) is 8.01. The van der Waals surface area contributed by atoms with Gasteiger partial charge >= 0.3 is 0 Å². The summed E-state index contributed by atoms with van der Waals surface area (Å²) in [5.41, 5.74) is 3.32. The zero-order valence-electron chi connectivity index (χ0n) is 17.5. The third kappa shape index (κ3) is 4.80. The molecule has 4 aromatic rings. The Balaban J connectivity index is 1.63. The number of rotatable bonds is 7. The number of benzene rings is 4. The van der Waals surface area contributed by atoms with Crippen molar-refractivity contribution >= 4 is 22.4 Å². The highest BCUT2D eigenvalue weighted by molar-refractivity contribution is 6.30. The Morgan fingerprint density at radius 1 is 0.774 bits per heavy atom. The second kappa shape index (κ2) is 9.62. The first-order chi connectivity index (χ1) is 15.1. The van der Waals surface area contributed by atoms with Gasteiger partial charge in [0.2, 0.25) is 0 Å². The molecule has 2 atom stereocenters. The molecule has 31 heavy (non-hydrogen) atoms.